The Morgan fingerprint density at radius 1 is 1.31 bits per heavy atom. The molecule has 70 valence electrons. The average Bonchev–Trinajstić information content (AvgIpc) is 2.63. The standard InChI is InChI=1S/C5H8N6O2/c6-9-4(12)2-1-8-11-3(2)5(13)10-7/h1H,6-7H2,(H,8,11)(H,9,12)(H,10,13). The van der Waals surface area contributed by atoms with Gasteiger partial charge < -0.3 is 0 Å². The Hall–Kier alpha value is -1.93. The van der Waals surface area contributed by atoms with E-state index >= 15 is 0 Å². The Bertz CT molecular complexity index is 301. The molecular formula is C5H8N6O2. The monoisotopic (exact) mass is 184 g/mol. The van der Waals surface area contributed by atoms with E-state index < -0.39 is 11.8 Å². The quantitative estimate of drug-likeness (QED) is 0.198. The van der Waals surface area contributed by atoms with Gasteiger partial charge in [-0.3, -0.25) is 25.5 Å². The minimum absolute atomic E-state index is 0.0328. The second-order valence-electron chi connectivity index (χ2n) is 2.11. The van der Waals surface area contributed by atoms with Crippen LogP contribution in [-0.4, -0.2) is 22.0 Å². The zero-order chi connectivity index (χ0) is 9.84. The van der Waals surface area contributed by atoms with Gasteiger partial charge in [0.05, 0.1) is 11.8 Å². The molecule has 13 heavy (non-hydrogen) atoms. The molecule has 0 aromatic carbocycles. The molecule has 8 heteroatoms. The molecule has 1 rings (SSSR count). The van der Waals surface area contributed by atoms with Gasteiger partial charge in [-0.05, 0) is 0 Å². The van der Waals surface area contributed by atoms with E-state index in [1.807, 2.05) is 10.9 Å². The van der Waals surface area contributed by atoms with Crippen LogP contribution in [0, 0.1) is 0 Å². The SMILES string of the molecule is NNC(=O)c1cn[nH]c1C(=O)NN. The van der Waals surface area contributed by atoms with E-state index in [0.717, 1.165) is 0 Å². The van der Waals surface area contributed by atoms with E-state index in [4.69, 9.17) is 11.7 Å². The highest BCUT2D eigenvalue weighted by Gasteiger charge is 2.17. The number of amides is 2. The van der Waals surface area contributed by atoms with Gasteiger partial charge in [0.15, 0.2) is 0 Å². The number of aromatic amines is 1. The van der Waals surface area contributed by atoms with Gasteiger partial charge >= 0.3 is 0 Å². The highest BCUT2D eigenvalue weighted by atomic mass is 16.2. The Labute approximate surface area is 72.6 Å². The number of H-pyrrole nitrogens is 1. The van der Waals surface area contributed by atoms with E-state index in [1.165, 1.54) is 6.20 Å². The summed E-state index contributed by atoms with van der Waals surface area (Å²) in [6.07, 6.45) is 1.17. The number of carbonyl (C=O) groups excluding carboxylic acids is 2. The predicted molar refractivity (Wildman–Crippen MR) is 41.9 cm³/mol. The number of aromatic nitrogens is 2. The van der Waals surface area contributed by atoms with Crippen LogP contribution < -0.4 is 22.5 Å². The Kier molecular flexibility index (Phi) is 2.57. The van der Waals surface area contributed by atoms with Crippen LogP contribution in [0.2, 0.25) is 0 Å². The molecule has 0 saturated carbocycles. The maximum absolute atomic E-state index is 11.0. The fourth-order valence-corrected chi connectivity index (χ4v) is 0.781. The molecule has 7 N–H and O–H groups in total. The molecule has 0 unspecified atom stereocenters. The number of hydrogen-bond donors (Lipinski definition) is 5. The van der Waals surface area contributed by atoms with E-state index in [-0.39, 0.29) is 11.3 Å². The number of nitrogens with one attached hydrogen (secondary N) is 3. The van der Waals surface area contributed by atoms with Gasteiger partial charge in [-0.1, -0.05) is 0 Å². The van der Waals surface area contributed by atoms with Gasteiger partial charge in [0.1, 0.15) is 5.69 Å². The Morgan fingerprint density at radius 3 is 2.46 bits per heavy atom. The third kappa shape index (κ3) is 1.63. The number of nitrogen functional groups attached to an aromatic ring is 2. The second-order valence-corrected chi connectivity index (χ2v) is 2.11. The maximum atomic E-state index is 11.0. The number of nitrogens with zero attached hydrogens (tertiary/aromatic N) is 1. The summed E-state index contributed by atoms with van der Waals surface area (Å²) in [4.78, 5) is 22.0. The lowest BCUT2D eigenvalue weighted by Gasteiger charge is -1.99. The first-order valence-electron chi connectivity index (χ1n) is 3.26. The second kappa shape index (κ2) is 3.65. The van der Waals surface area contributed by atoms with Crippen LogP contribution in [0.1, 0.15) is 20.8 Å². The normalized spacial score (nSPS) is 9.38. The van der Waals surface area contributed by atoms with Crippen molar-refractivity contribution in [2.24, 2.45) is 11.7 Å². The summed E-state index contributed by atoms with van der Waals surface area (Å²) < 4.78 is 0. The number of nitrogens with two attached hydrogens (primary N) is 2. The first kappa shape index (κ1) is 9.16. The number of rotatable bonds is 2. The third-order valence-corrected chi connectivity index (χ3v) is 1.37. The molecule has 0 aliphatic carbocycles. The molecule has 1 heterocycles. The van der Waals surface area contributed by atoms with Gasteiger partial charge in [0.25, 0.3) is 11.8 Å². The van der Waals surface area contributed by atoms with Gasteiger partial charge in [0.2, 0.25) is 0 Å². The van der Waals surface area contributed by atoms with E-state index in [9.17, 15) is 9.59 Å². The molecule has 0 aliphatic heterocycles. The van der Waals surface area contributed by atoms with Crippen molar-refractivity contribution in [2.45, 2.75) is 0 Å². The number of hydrogen-bond acceptors (Lipinski definition) is 5. The molecule has 0 aliphatic rings. The van der Waals surface area contributed by atoms with Crippen molar-refractivity contribution in [1.29, 1.82) is 0 Å². The fraction of sp³-hybridized carbons (Fsp3) is 0. The van der Waals surface area contributed by atoms with E-state index in [0.29, 0.717) is 0 Å². The van der Waals surface area contributed by atoms with Crippen molar-refractivity contribution in [2.75, 3.05) is 0 Å². The molecule has 1 aromatic heterocycles. The van der Waals surface area contributed by atoms with E-state index in [1.54, 1.807) is 0 Å². The maximum Gasteiger partial charge on any atom is 0.284 e. The third-order valence-electron chi connectivity index (χ3n) is 1.37. The van der Waals surface area contributed by atoms with E-state index in [2.05, 4.69) is 10.2 Å². The lowest BCUT2D eigenvalue weighted by atomic mass is 10.2. The van der Waals surface area contributed by atoms with Crippen molar-refractivity contribution in [3.05, 3.63) is 17.5 Å². The van der Waals surface area contributed by atoms with Crippen molar-refractivity contribution in [3.63, 3.8) is 0 Å². The molecule has 8 nitrogen and oxygen atoms in total. The zero-order valence-corrected chi connectivity index (χ0v) is 6.50. The van der Waals surface area contributed by atoms with Crippen LogP contribution >= 0.6 is 0 Å². The molecular weight excluding hydrogens is 176 g/mol. The van der Waals surface area contributed by atoms with Crippen LogP contribution in [0.25, 0.3) is 0 Å². The molecule has 0 atom stereocenters. The average molecular weight is 184 g/mol. The molecule has 2 amide bonds. The number of hydrazine groups is 2. The Balaban J connectivity index is 3.02. The first-order valence-corrected chi connectivity index (χ1v) is 3.26. The van der Waals surface area contributed by atoms with Gasteiger partial charge in [-0.25, -0.2) is 11.7 Å². The lowest BCUT2D eigenvalue weighted by Crippen LogP contribution is -2.35. The summed E-state index contributed by atoms with van der Waals surface area (Å²) >= 11 is 0. The molecule has 1 aromatic rings. The summed E-state index contributed by atoms with van der Waals surface area (Å²) in [5.41, 5.74) is 3.72. The number of carbonyl (C=O) groups is 2. The summed E-state index contributed by atoms with van der Waals surface area (Å²) in [5, 5.41) is 5.82. The molecule has 0 bridgehead atoms. The van der Waals surface area contributed by atoms with Gasteiger partial charge in [-0.2, -0.15) is 5.10 Å². The van der Waals surface area contributed by atoms with Crippen LogP contribution in [0.4, 0.5) is 0 Å². The van der Waals surface area contributed by atoms with Crippen molar-refractivity contribution in [3.8, 4) is 0 Å². The molecule has 0 spiro atoms. The van der Waals surface area contributed by atoms with Crippen molar-refractivity contribution in [1.82, 2.24) is 21.0 Å². The van der Waals surface area contributed by atoms with Crippen molar-refractivity contribution < 1.29 is 9.59 Å². The topological polar surface area (TPSA) is 139 Å². The molecule has 0 radical (unpaired) electrons. The van der Waals surface area contributed by atoms with Gasteiger partial charge in [0, 0.05) is 0 Å². The van der Waals surface area contributed by atoms with Crippen LogP contribution in [0.5, 0.6) is 0 Å². The van der Waals surface area contributed by atoms with Crippen LogP contribution in [-0.2, 0) is 0 Å². The summed E-state index contributed by atoms with van der Waals surface area (Å²) in [6, 6.07) is 0. The first-order chi connectivity index (χ1) is 6.20. The fourth-order valence-electron chi connectivity index (χ4n) is 0.781. The lowest BCUT2D eigenvalue weighted by molar-refractivity contribution is 0.0917. The smallest absolute Gasteiger partial charge is 0.284 e. The van der Waals surface area contributed by atoms with Gasteiger partial charge in [-0.15, -0.1) is 0 Å². The minimum Gasteiger partial charge on any atom is -0.290 e. The predicted octanol–water partition coefficient (Wildman–Crippen LogP) is -2.38. The minimum atomic E-state index is -0.642. The Morgan fingerprint density at radius 2 is 1.92 bits per heavy atom. The van der Waals surface area contributed by atoms with Crippen LogP contribution in [0.15, 0.2) is 6.20 Å². The largest absolute Gasteiger partial charge is 0.290 e. The summed E-state index contributed by atoms with van der Waals surface area (Å²) in [6.45, 7) is 0. The van der Waals surface area contributed by atoms with Crippen LogP contribution in [0.3, 0.4) is 0 Å². The highest BCUT2D eigenvalue weighted by molar-refractivity contribution is 6.05. The summed E-state index contributed by atoms with van der Waals surface area (Å²) in [5.74, 6) is 8.47. The van der Waals surface area contributed by atoms with Crippen molar-refractivity contribution >= 4 is 11.8 Å². The molecule has 0 fully saturated rings. The molecule has 0 saturated heterocycles. The highest BCUT2D eigenvalue weighted by Crippen LogP contribution is 2.02. The summed E-state index contributed by atoms with van der Waals surface area (Å²) in [7, 11) is 0. The zero-order valence-electron chi connectivity index (χ0n) is 6.50.